The van der Waals surface area contributed by atoms with Gasteiger partial charge in [-0.15, -0.1) is 0 Å². The van der Waals surface area contributed by atoms with Crippen molar-refractivity contribution in [2.45, 2.75) is 26.5 Å². The Hall–Kier alpha value is -3.94. The highest BCUT2D eigenvalue weighted by atomic mass is 16.5. The smallest absolute Gasteiger partial charge is 0.319 e. The van der Waals surface area contributed by atoms with Crippen molar-refractivity contribution in [2.75, 3.05) is 10.6 Å². The molecular weight excluding hydrogens is 382 g/mol. The van der Waals surface area contributed by atoms with Crippen molar-refractivity contribution in [3.05, 3.63) is 78.2 Å². The van der Waals surface area contributed by atoms with Crippen LogP contribution in [0.4, 0.5) is 16.3 Å². The molecule has 0 spiro atoms. The van der Waals surface area contributed by atoms with Crippen molar-refractivity contribution in [3.63, 3.8) is 0 Å². The minimum atomic E-state index is -0.333. The van der Waals surface area contributed by atoms with Gasteiger partial charge in [0.2, 0.25) is 0 Å². The van der Waals surface area contributed by atoms with Crippen molar-refractivity contribution in [2.24, 2.45) is 0 Å². The second-order valence-electron chi connectivity index (χ2n) is 6.78. The minimum absolute atomic E-state index is 0.0309. The lowest BCUT2D eigenvalue weighted by Gasteiger charge is -2.12. The van der Waals surface area contributed by atoms with Crippen LogP contribution in [-0.4, -0.2) is 27.9 Å². The van der Waals surface area contributed by atoms with Gasteiger partial charge in [0.05, 0.1) is 0 Å². The number of rotatable bonds is 7. The molecule has 8 nitrogen and oxygen atoms in total. The van der Waals surface area contributed by atoms with Crippen LogP contribution >= 0.6 is 0 Å². The summed E-state index contributed by atoms with van der Waals surface area (Å²) in [7, 11) is 0. The van der Waals surface area contributed by atoms with Crippen molar-refractivity contribution < 1.29 is 14.3 Å². The maximum absolute atomic E-state index is 12.6. The maximum atomic E-state index is 12.6. The lowest BCUT2D eigenvalue weighted by Crippen LogP contribution is -2.34. The fourth-order valence-electron chi connectivity index (χ4n) is 2.56. The topological polar surface area (TPSA) is 105 Å². The van der Waals surface area contributed by atoms with E-state index in [0.717, 1.165) is 5.56 Å². The van der Waals surface area contributed by atoms with Crippen LogP contribution in [0.15, 0.2) is 67.1 Å². The van der Waals surface area contributed by atoms with Gasteiger partial charge in [-0.25, -0.2) is 9.78 Å². The van der Waals surface area contributed by atoms with E-state index in [1.165, 1.54) is 0 Å². The summed E-state index contributed by atoms with van der Waals surface area (Å²) in [5, 5.41) is 8.21. The third kappa shape index (κ3) is 6.03. The Morgan fingerprint density at radius 3 is 2.40 bits per heavy atom. The summed E-state index contributed by atoms with van der Waals surface area (Å²) >= 11 is 0. The van der Waals surface area contributed by atoms with Crippen LogP contribution in [0.3, 0.4) is 0 Å². The predicted molar refractivity (Wildman–Crippen MR) is 114 cm³/mol. The van der Waals surface area contributed by atoms with Crippen LogP contribution in [0.2, 0.25) is 0 Å². The number of ether oxygens (including phenoxy) is 1. The predicted octanol–water partition coefficient (Wildman–Crippen LogP) is 3.84. The van der Waals surface area contributed by atoms with E-state index in [1.807, 2.05) is 26.0 Å². The van der Waals surface area contributed by atoms with E-state index < -0.39 is 0 Å². The van der Waals surface area contributed by atoms with Gasteiger partial charge in [-0.3, -0.25) is 9.78 Å². The zero-order valence-corrected chi connectivity index (χ0v) is 16.8. The zero-order valence-electron chi connectivity index (χ0n) is 16.8. The molecular formula is C22H23N5O3. The number of carbonyl (C=O) groups excluding carboxylic acids is 2. The molecule has 8 heteroatoms. The highest BCUT2D eigenvalue weighted by Gasteiger charge is 2.12. The molecule has 1 aromatic carbocycles. The number of aromatic nitrogens is 2. The first-order valence-corrected chi connectivity index (χ1v) is 9.47. The normalized spacial score (nSPS) is 10.4. The van der Waals surface area contributed by atoms with Gasteiger partial charge in [0, 0.05) is 35.9 Å². The van der Waals surface area contributed by atoms with Crippen LogP contribution in [0.5, 0.6) is 5.75 Å². The van der Waals surface area contributed by atoms with Crippen LogP contribution < -0.4 is 20.7 Å². The summed E-state index contributed by atoms with van der Waals surface area (Å²) in [5.41, 5.74) is 1.97. The summed E-state index contributed by atoms with van der Waals surface area (Å²) in [5.74, 6) is 0.460. The van der Waals surface area contributed by atoms with E-state index in [-0.39, 0.29) is 18.0 Å². The van der Waals surface area contributed by atoms with Crippen LogP contribution in [0.25, 0.3) is 0 Å². The highest BCUT2D eigenvalue weighted by molar-refractivity contribution is 6.04. The van der Waals surface area contributed by atoms with Crippen molar-refractivity contribution in [3.8, 4) is 5.75 Å². The summed E-state index contributed by atoms with van der Waals surface area (Å²) in [4.78, 5) is 32.5. The molecule has 0 bridgehead atoms. The van der Waals surface area contributed by atoms with Crippen molar-refractivity contribution >= 4 is 23.4 Å². The van der Waals surface area contributed by atoms with Gasteiger partial charge in [-0.2, -0.15) is 0 Å². The molecule has 3 rings (SSSR count). The summed E-state index contributed by atoms with van der Waals surface area (Å²) in [6.07, 6.45) is 4.96. The van der Waals surface area contributed by atoms with Gasteiger partial charge < -0.3 is 20.7 Å². The largest absolute Gasteiger partial charge is 0.485 e. The fourth-order valence-corrected chi connectivity index (χ4v) is 2.56. The molecule has 0 aliphatic heterocycles. The number of pyridine rings is 2. The molecule has 3 N–H and O–H groups in total. The van der Waals surface area contributed by atoms with Crippen LogP contribution in [-0.2, 0) is 6.61 Å². The zero-order chi connectivity index (χ0) is 21.3. The minimum Gasteiger partial charge on any atom is -0.485 e. The molecule has 0 saturated heterocycles. The molecule has 30 heavy (non-hydrogen) atoms. The Morgan fingerprint density at radius 2 is 1.70 bits per heavy atom. The molecule has 0 aliphatic rings. The Balaban J connectivity index is 1.62. The standard InChI is InChI=1S/C22H23N5O3/c1-15(2)25-22(29)26-18-7-5-17(6-8-18)21(28)27-20-19(4-3-11-24-20)30-14-16-9-12-23-13-10-16/h3-13,15H,14H2,1-2H3,(H,24,27,28)(H2,25,26,29). The average molecular weight is 405 g/mol. The third-order valence-electron chi connectivity index (χ3n) is 3.97. The molecule has 0 radical (unpaired) electrons. The van der Waals surface area contributed by atoms with Gasteiger partial charge in [0.15, 0.2) is 11.6 Å². The number of amides is 3. The van der Waals surface area contributed by atoms with Crippen LogP contribution in [0, 0.1) is 0 Å². The Labute approximate surface area is 174 Å². The Bertz CT molecular complexity index is 991. The van der Waals surface area contributed by atoms with E-state index in [0.29, 0.717) is 29.4 Å². The molecule has 0 aliphatic carbocycles. The van der Waals surface area contributed by atoms with E-state index in [9.17, 15) is 9.59 Å². The lowest BCUT2D eigenvalue weighted by molar-refractivity contribution is 0.102. The molecule has 0 saturated carbocycles. The lowest BCUT2D eigenvalue weighted by atomic mass is 10.2. The quantitative estimate of drug-likeness (QED) is 0.554. The number of carbonyl (C=O) groups is 2. The van der Waals surface area contributed by atoms with Crippen LogP contribution in [0.1, 0.15) is 29.8 Å². The monoisotopic (exact) mass is 405 g/mol. The molecule has 0 atom stereocenters. The van der Waals surface area contributed by atoms with Gasteiger partial charge in [0.1, 0.15) is 6.61 Å². The first-order valence-electron chi connectivity index (χ1n) is 9.47. The fraction of sp³-hybridized carbons (Fsp3) is 0.182. The number of nitrogens with zero attached hydrogens (tertiary/aromatic N) is 2. The Kier molecular flexibility index (Phi) is 6.94. The number of anilines is 2. The first-order chi connectivity index (χ1) is 14.5. The number of urea groups is 1. The molecule has 0 unspecified atom stereocenters. The molecule has 0 fully saturated rings. The Morgan fingerprint density at radius 1 is 0.967 bits per heavy atom. The van der Waals surface area contributed by atoms with E-state index >= 15 is 0 Å². The van der Waals surface area contributed by atoms with Gasteiger partial charge in [-0.1, -0.05) is 0 Å². The molecule has 2 heterocycles. The molecule has 2 aromatic heterocycles. The van der Waals surface area contributed by atoms with Gasteiger partial charge >= 0.3 is 6.03 Å². The second-order valence-corrected chi connectivity index (χ2v) is 6.78. The first kappa shape index (κ1) is 20.8. The number of hydrogen-bond donors (Lipinski definition) is 3. The molecule has 154 valence electrons. The van der Waals surface area contributed by atoms with E-state index in [2.05, 4.69) is 25.9 Å². The molecule has 3 aromatic rings. The van der Waals surface area contributed by atoms with Gasteiger partial charge in [-0.05, 0) is 67.9 Å². The summed E-state index contributed by atoms with van der Waals surface area (Å²) in [6, 6.07) is 13.5. The number of benzene rings is 1. The highest BCUT2D eigenvalue weighted by Crippen LogP contribution is 2.23. The van der Waals surface area contributed by atoms with E-state index in [1.54, 1.807) is 55.0 Å². The SMILES string of the molecule is CC(C)NC(=O)Nc1ccc(C(=O)Nc2ncccc2OCc2ccncc2)cc1. The maximum Gasteiger partial charge on any atom is 0.319 e. The second kappa shape index (κ2) is 10.0. The molecule has 3 amide bonds. The van der Waals surface area contributed by atoms with E-state index in [4.69, 9.17) is 4.74 Å². The third-order valence-corrected chi connectivity index (χ3v) is 3.97. The van der Waals surface area contributed by atoms with Gasteiger partial charge in [0.25, 0.3) is 5.91 Å². The van der Waals surface area contributed by atoms with Crippen molar-refractivity contribution in [1.29, 1.82) is 0 Å². The summed E-state index contributed by atoms with van der Waals surface area (Å²) < 4.78 is 5.79. The average Bonchev–Trinajstić information content (AvgIpc) is 2.73. The summed E-state index contributed by atoms with van der Waals surface area (Å²) in [6.45, 7) is 4.08. The van der Waals surface area contributed by atoms with Crippen molar-refractivity contribution in [1.82, 2.24) is 15.3 Å². The number of hydrogen-bond acceptors (Lipinski definition) is 5. The number of nitrogens with one attached hydrogen (secondary N) is 3.